The number of amides is 3. The van der Waals surface area contributed by atoms with E-state index in [4.69, 9.17) is 10.00 Å². The Hall–Kier alpha value is -3.60. The summed E-state index contributed by atoms with van der Waals surface area (Å²) in [6, 6.07) is 9.90. The molecular formula is C20H17FN4O3. The number of hydrogen-bond donors (Lipinski definition) is 3. The van der Waals surface area contributed by atoms with Crippen LogP contribution < -0.4 is 20.7 Å². The van der Waals surface area contributed by atoms with Crippen LogP contribution in [-0.2, 0) is 11.2 Å². The van der Waals surface area contributed by atoms with Crippen molar-refractivity contribution in [3.63, 3.8) is 0 Å². The predicted octanol–water partition coefficient (Wildman–Crippen LogP) is 2.04. The van der Waals surface area contributed by atoms with E-state index in [1.165, 1.54) is 6.07 Å². The number of benzene rings is 2. The van der Waals surface area contributed by atoms with Gasteiger partial charge < -0.3 is 20.7 Å². The standard InChI is InChI=1S/C20H17FN4O3/c21-16-8-17-12(5-6-28-17)7-14(16)15-10-23-19(26)18(15)25-20(27)24-13-3-1-11(9-22)2-4-13/h1-4,7-8,15,18H,5-6,10H2,(H,23,26)(H2,24,25,27)/t15-,18-/m0/s1. The molecule has 4 rings (SSSR count). The molecule has 3 amide bonds. The van der Waals surface area contributed by atoms with Crippen LogP contribution in [0.25, 0.3) is 0 Å². The summed E-state index contributed by atoms with van der Waals surface area (Å²) in [7, 11) is 0. The van der Waals surface area contributed by atoms with E-state index in [9.17, 15) is 14.0 Å². The van der Waals surface area contributed by atoms with Crippen LogP contribution in [0.4, 0.5) is 14.9 Å². The van der Waals surface area contributed by atoms with E-state index in [1.54, 1.807) is 30.3 Å². The zero-order valence-corrected chi connectivity index (χ0v) is 14.8. The quantitative estimate of drug-likeness (QED) is 0.758. The van der Waals surface area contributed by atoms with Crippen LogP contribution in [0.15, 0.2) is 36.4 Å². The molecule has 2 aliphatic rings. The molecule has 3 N–H and O–H groups in total. The number of nitrogens with zero attached hydrogens (tertiary/aromatic N) is 1. The Kier molecular flexibility index (Phi) is 4.57. The van der Waals surface area contributed by atoms with E-state index in [0.29, 0.717) is 35.6 Å². The van der Waals surface area contributed by atoms with E-state index in [-0.39, 0.29) is 12.5 Å². The van der Waals surface area contributed by atoms with Gasteiger partial charge in [0.1, 0.15) is 17.6 Å². The molecule has 0 unspecified atom stereocenters. The molecule has 7 nitrogen and oxygen atoms in total. The average molecular weight is 380 g/mol. The maximum absolute atomic E-state index is 14.6. The van der Waals surface area contributed by atoms with Crippen molar-refractivity contribution in [2.75, 3.05) is 18.5 Å². The fourth-order valence-corrected chi connectivity index (χ4v) is 3.52. The van der Waals surface area contributed by atoms with E-state index < -0.39 is 23.8 Å². The molecule has 0 aliphatic carbocycles. The number of ether oxygens (including phenoxy) is 1. The van der Waals surface area contributed by atoms with Gasteiger partial charge in [0, 0.05) is 30.6 Å². The summed E-state index contributed by atoms with van der Waals surface area (Å²) < 4.78 is 19.9. The Balaban J connectivity index is 1.50. The number of halogens is 1. The highest BCUT2D eigenvalue weighted by molar-refractivity contribution is 5.95. The third kappa shape index (κ3) is 3.34. The Morgan fingerprint density at radius 1 is 1.29 bits per heavy atom. The highest BCUT2D eigenvalue weighted by Crippen LogP contribution is 2.34. The number of rotatable bonds is 3. The molecule has 0 saturated carbocycles. The van der Waals surface area contributed by atoms with E-state index in [2.05, 4.69) is 16.0 Å². The topological polar surface area (TPSA) is 103 Å². The Morgan fingerprint density at radius 2 is 2.07 bits per heavy atom. The summed E-state index contributed by atoms with van der Waals surface area (Å²) in [5, 5.41) is 16.7. The van der Waals surface area contributed by atoms with Crippen molar-refractivity contribution in [2.45, 2.75) is 18.4 Å². The Labute approximate surface area is 160 Å². The Bertz CT molecular complexity index is 984. The lowest BCUT2D eigenvalue weighted by atomic mass is 9.91. The number of anilines is 1. The molecule has 1 saturated heterocycles. The van der Waals surface area contributed by atoms with E-state index in [0.717, 1.165) is 5.56 Å². The molecule has 2 aromatic carbocycles. The monoisotopic (exact) mass is 380 g/mol. The minimum atomic E-state index is -0.895. The molecule has 142 valence electrons. The summed E-state index contributed by atoms with van der Waals surface area (Å²) in [4.78, 5) is 24.6. The van der Waals surface area contributed by atoms with Crippen molar-refractivity contribution in [2.24, 2.45) is 0 Å². The smallest absolute Gasteiger partial charge is 0.319 e. The number of carbonyl (C=O) groups is 2. The minimum absolute atomic E-state index is 0.233. The molecule has 2 aliphatic heterocycles. The molecule has 2 atom stereocenters. The molecule has 28 heavy (non-hydrogen) atoms. The van der Waals surface area contributed by atoms with Gasteiger partial charge >= 0.3 is 6.03 Å². The highest BCUT2D eigenvalue weighted by atomic mass is 19.1. The molecule has 0 aromatic heterocycles. The largest absolute Gasteiger partial charge is 0.493 e. The van der Waals surface area contributed by atoms with Crippen LogP contribution >= 0.6 is 0 Å². The van der Waals surface area contributed by atoms with Gasteiger partial charge in [0.15, 0.2) is 0 Å². The van der Waals surface area contributed by atoms with Crippen LogP contribution in [0.5, 0.6) is 5.75 Å². The molecule has 0 radical (unpaired) electrons. The van der Waals surface area contributed by atoms with Crippen molar-refractivity contribution in [1.29, 1.82) is 5.26 Å². The molecule has 8 heteroatoms. The first kappa shape index (κ1) is 17.8. The maximum Gasteiger partial charge on any atom is 0.319 e. The normalized spacial score (nSPS) is 19.9. The van der Waals surface area contributed by atoms with Gasteiger partial charge in [-0.25, -0.2) is 9.18 Å². The van der Waals surface area contributed by atoms with Gasteiger partial charge in [-0.3, -0.25) is 4.79 Å². The van der Waals surface area contributed by atoms with Crippen molar-refractivity contribution in [1.82, 2.24) is 10.6 Å². The first-order chi connectivity index (χ1) is 13.5. The first-order valence-corrected chi connectivity index (χ1v) is 8.85. The zero-order valence-electron chi connectivity index (χ0n) is 14.8. The molecule has 2 heterocycles. The van der Waals surface area contributed by atoms with Crippen LogP contribution in [0, 0.1) is 17.1 Å². The summed E-state index contributed by atoms with van der Waals surface area (Å²) in [5.41, 5.74) is 2.23. The number of carbonyl (C=O) groups excluding carboxylic acids is 2. The van der Waals surface area contributed by atoms with Crippen molar-refractivity contribution in [3.8, 4) is 11.8 Å². The van der Waals surface area contributed by atoms with Crippen molar-refractivity contribution >= 4 is 17.6 Å². The van der Waals surface area contributed by atoms with Crippen LogP contribution in [0.2, 0.25) is 0 Å². The van der Waals surface area contributed by atoms with E-state index in [1.807, 2.05) is 6.07 Å². The summed E-state index contributed by atoms with van der Waals surface area (Å²) in [5.74, 6) is -0.815. The minimum Gasteiger partial charge on any atom is -0.493 e. The summed E-state index contributed by atoms with van der Waals surface area (Å²) in [6.07, 6.45) is 0.688. The fraction of sp³-hybridized carbons (Fsp3) is 0.250. The van der Waals surface area contributed by atoms with Crippen molar-refractivity contribution in [3.05, 3.63) is 58.9 Å². The van der Waals surface area contributed by atoms with Gasteiger partial charge in [-0.15, -0.1) is 0 Å². The van der Waals surface area contributed by atoms with Gasteiger partial charge in [-0.1, -0.05) is 0 Å². The second-order valence-corrected chi connectivity index (χ2v) is 6.70. The number of hydrogen-bond acceptors (Lipinski definition) is 4. The van der Waals surface area contributed by atoms with Crippen LogP contribution in [0.1, 0.15) is 22.6 Å². The predicted molar refractivity (Wildman–Crippen MR) is 98.4 cm³/mol. The second-order valence-electron chi connectivity index (χ2n) is 6.70. The van der Waals surface area contributed by atoms with Crippen LogP contribution in [0.3, 0.4) is 0 Å². The molecule has 0 spiro atoms. The fourth-order valence-electron chi connectivity index (χ4n) is 3.52. The third-order valence-electron chi connectivity index (χ3n) is 4.95. The molecule has 1 fully saturated rings. The Morgan fingerprint density at radius 3 is 2.82 bits per heavy atom. The number of urea groups is 1. The van der Waals surface area contributed by atoms with E-state index >= 15 is 0 Å². The molecule has 2 aromatic rings. The van der Waals surface area contributed by atoms with Gasteiger partial charge in [0.2, 0.25) is 5.91 Å². The van der Waals surface area contributed by atoms with Gasteiger partial charge in [-0.05, 0) is 41.5 Å². The van der Waals surface area contributed by atoms with Gasteiger partial charge in [-0.2, -0.15) is 5.26 Å². The lowest BCUT2D eigenvalue weighted by Crippen LogP contribution is -2.44. The maximum atomic E-state index is 14.6. The number of nitrogens with one attached hydrogen (secondary N) is 3. The number of nitriles is 1. The van der Waals surface area contributed by atoms with Gasteiger partial charge in [0.25, 0.3) is 0 Å². The lowest BCUT2D eigenvalue weighted by Gasteiger charge is -2.20. The highest BCUT2D eigenvalue weighted by Gasteiger charge is 2.39. The second kappa shape index (κ2) is 7.19. The zero-order chi connectivity index (χ0) is 19.7. The SMILES string of the molecule is N#Cc1ccc(NC(=O)N[C@@H]2C(=O)NC[C@H]2c2cc3c(cc2F)OCC3)cc1. The number of fused-ring (bicyclic) bond motifs is 1. The average Bonchev–Trinajstić information content (AvgIpc) is 3.28. The summed E-state index contributed by atoms with van der Waals surface area (Å²) >= 11 is 0. The molecular weight excluding hydrogens is 363 g/mol. The lowest BCUT2D eigenvalue weighted by molar-refractivity contribution is -0.120. The van der Waals surface area contributed by atoms with Gasteiger partial charge in [0.05, 0.1) is 18.2 Å². The summed E-state index contributed by atoms with van der Waals surface area (Å²) in [6.45, 7) is 0.742. The molecule has 0 bridgehead atoms. The first-order valence-electron chi connectivity index (χ1n) is 8.85. The van der Waals surface area contributed by atoms with Crippen molar-refractivity contribution < 1.29 is 18.7 Å². The third-order valence-corrected chi connectivity index (χ3v) is 4.95. The van der Waals surface area contributed by atoms with Crippen LogP contribution in [-0.4, -0.2) is 31.1 Å².